The standard InChI is InChI=1S/C49H86N4O17/c1-2-38(42(56)35-54)20-17-18-26-50-43(57)25-24-40(48(63)64)52-46(60)37-70-33-30-67-28-19-21-39(55)36-69-32-31-68-29-27-51-45(59)34-41(49(65)66)53-44(58)22-15-13-11-9-7-5-3-4-6-8-10-12-14-16-23-47(61)62/h38,40-41,54H,2-37H2,1H3,(H,50,57)(H,51,59)(H,52,60)(H,53,58)(H,61,62)(H,63,64)(H,65,66)/t38-,40-,41-/m0/s1. The number of aliphatic hydroxyl groups is 1. The predicted octanol–water partition coefficient (Wildman–Crippen LogP) is 4.03. The largest absolute Gasteiger partial charge is 0.481 e. The maximum absolute atomic E-state index is 12.3. The molecule has 0 bridgehead atoms. The van der Waals surface area contributed by atoms with Crippen LogP contribution in [0.25, 0.3) is 0 Å². The fraction of sp³-hybridized carbons (Fsp3) is 0.816. The smallest absolute Gasteiger partial charge is 0.326 e. The van der Waals surface area contributed by atoms with Crippen LogP contribution < -0.4 is 21.3 Å². The Morgan fingerprint density at radius 3 is 1.51 bits per heavy atom. The highest BCUT2D eigenvalue weighted by Gasteiger charge is 2.24. The van der Waals surface area contributed by atoms with Crippen molar-refractivity contribution in [3.8, 4) is 0 Å². The molecule has 0 aliphatic carbocycles. The average molecular weight is 1000 g/mol. The lowest BCUT2D eigenvalue weighted by molar-refractivity contribution is -0.143. The van der Waals surface area contributed by atoms with Gasteiger partial charge in [-0.2, -0.15) is 0 Å². The van der Waals surface area contributed by atoms with Crippen LogP contribution in [0.4, 0.5) is 0 Å². The molecule has 4 amide bonds. The first kappa shape index (κ1) is 65.4. The normalized spacial score (nSPS) is 12.4. The van der Waals surface area contributed by atoms with Gasteiger partial charge in [-0.1, -0.05) is 90.4 Å². The Kier molecular flexibility index (Phi) is 42.6. The number of amides is 4. The molecule has 0 spiro atoms. The number of ether oxygens (including phenoxy) is 4. The summed E-state index contributed by atoms with van der Waals surface area (Å²) in [6.45, 7) is 2.20. The van der Waals surface area contributed by atoms with E-state index in [-0.39, 0.29) is 108 Å². The van der Waals surface area contributed by atoms with Crippen molar-refractivity contribution >= 4 is 53.1 Å². The van der Waals surface area contributed by atoms with Gasteiger partial charge < -0.3 is 60.6 Å². The molecule has 0 aromatic carbocycles. The predicted molar refractivity (Wildman–Crippen MR) is 258 cm³/mol. The molecule has 8 N–H and O–H groups in total. The zero-order valence-electron chi connectivity index (χ0n) is 41.8. The molecule has 21 heteroatoms. The highest BCUT2D eigenvalue weighted by molar-refractivity contribution is 5.88. The van der Waals surface area contributed by atoms with Gasteiger partial charge in [0.15, 0.2) is 11.6 Å². The molecule has 0 fully saturated rings. The van der Waals surface area contributed by atoms with Gasteiger partial charge >= 0.3 is 17.9 Å². The molecule has 0 aliphatic rings. The Morgan fingerprint density at radius 2 is 0.957 bits per heavy atom. The molecule has 70 heavy (non-hydrogen) atoms. The van der Waals surface area contributed by atoms with E-state index < -0.39 is 67.3 Å². The van der Waals surface area contributed by atoms with E-state index >= 15 is 0 Å². The van der Waals surface area contributed by atoms with Crippen LogP contribution in [-0.4, -0.2) is 158 Å². The third kappa shape index (κ3) is 41.2. The van der Waals surface area contributed by atoms with Crippen molar-refractivity contribution in [2.75, 3.05) is 72.6 Å². The molecule has 404 valence electrons. The number of ketones is 2. The minimum atomic E-state index is -1.34. The number of aliphatic hydroxyl groups excluding tert-OH is 1. The molecule has 0 aliphatic heterocycles. The van der Waals surface area contributed by atoms with E-state index in [2.05, 4.69) is 21.3 Å². The van der Waals surface area contributed by atoms with Gasteiger partial charge in [0.25, 0.3) is 0 Å². The van der Waals surface area contributed by atoms with Crippen molar-refractivity contribution in [1.82, 2.24) is 21.3 Å². The molecule has 0 heterocycles. The first-order valence-electron chi connectivity index (χ1n) is 25.5. The number of carbonyl (C=O) groups is 9. The number of nitrogens with one attached hydrogen (secondary N) is 4. The topological polar surface area (TPSA) is 320 Å². The summed E-state index contributed by atoms with van der Waals surface area (Å²) in [4.78, 5) is 106. The summed E-state index contributed by atoms with van der Waals surface area (Å²) < 4.78 is 21.4. The van der Waals surface area contributed by atoms with Crippen LogP contribution in [0.5, 0.6) is 0 Å². The van der Waals surface area contributed by atoms with Gasteiger partial charge in [0.2, 0.25) is 23.6 Å². The van der Waals surface area contributed by atoms with Crippen LogP contribution in [0.3, 0.4) is 0 Å². The Hall–Kier alpha value is -4.57. The SMILES string of the molecule is CC[C@@H](CCCCNC(=O)CC[C@H](NC(=O)COCCOCCCC(=O)COCCOCCNC(=O)C[C@H](NC(=O)CCCCCCCCCCCCCCCCC(=O)O)C(=O)O)C(=O)O)C(=O)CO. The van der Waals surface area contributed by atoms with Gasteiger partial charge in [-0.3, -0.25) is 33.6 Å². The number of Topliss-reactive ketones (excluding diaryl/α,β-unsaturated/α-hetero) is 2. The monoisotopic (exact) mass is 1000 g/mol. The molecule has 0 radical (unpaired) electrons. The summed E-state index contributed by atoms with van der Waals surface area (Å²) in [5.41, 5.74) is 0. The fourth-order valence-electron chi connectivity index (χ4n) is 7.23. The van der Waals surface area contributed by atoms with Crippen LogP contribution in [0, 0.1) is 5.92 Å². The summed E-state index contributed by atoms with van der Waals surface area (Å²) in [5, 5.41) is 46.7. The molecule has 3 atom stereocenters. The maximum atomic E-state index is 12.3. The van der Waals surface area contributed by atoms with Crippen LogP contribution in [-0.2, 0) is 62.1 Å². The zero-order chi connectivity index (χ0) is 52.0. The van der Waals surface area contributed by atoms with Crippen LogP contribution in [0.15, 0.2) is 0 Å². The van der Waals surface area contributed by atoms with Crippen molar-refractivity contribution in [1.29, 1.82) is 0 Å². The first-order chi connectivity index (χ1) is 33.7. The fourth-order valence-corrected chi connectivity index (χ4v) is 7.23. The summed E-state index contributed by atoms with van der Waals surface area (Å²) in [7, 11) is 0. The third-order valence-electron chi connectivity index (χ3n) is 11.3. The average Bonchev–Trinajstić information content (AvgIpc) is 3.32. The van der Waals surface area contributed by atoms with E-state index in [4.69, 9.17) is 29.2 Å². The number of unbranched alkanes of at least 4 members (excludes halogenated alkanes) is 14. The van der Waals surface area contributed by atoms with Crippen molar-refractivity contribution in [2.45, 2.75) is 180 Å². The van der Waals surface area contributed by atoms with Crippen molar-refractivity contribution in [3.63, 3.8) is 0 Å². The number of carboxylic acid groups (broad SMARTS) is 3. The number of rotatable bonds is 51. The van der Waals surface area contributed by atoms with Gasteiger partial charge in [0.1, 0.15) is 31.9 Å². The van der Waals surface area contributed by atoms with Gasteiger partial charge in [-0.25, -0.2) is 9.59 Å². The molecule has 0 aromatic heterocycles. The number of carboxylic acids is 3. The first-order valence-corrected chi connectivity index (χ1v) is 25.5. The second kappa shape index (κ2) is 45.6. The molecule has 0 saturated heterocycles. The Balaban J connectivity index is 3.83. The van der Waals surface area contributed by atoms with Crippen molar-refractivity contribution < 1.29 is 82.5 Å². The van der Waals surface area contributed by atoms with E-state index in [1.165, 1.54) is 32.1 Å². The highest BCUT2D eigenvalue weighted by atomic mass is 16.5. The molecule has 21 nitrogen and oxygen atoms in total. The summed E-state index contributed by atoms with van der Waals surface area (Å²) >= 11 is 0. The Labute approximate surface area is 414 Å². The zero-order valence-corrected chi connectivity index (χ0v) is 41.8. The van der Waals surface area contributed by atoms with E-state index in [0.717, 1.165) is 51.4 Å². The van der Waals surface area contributed by atoms with Crippen molar-refractivity contribution in [3.05, 3.63) is 0 Å². The third-order valence-corrected chi connectivity index (χ3v) is 11.3. The van der Waals surface area contributed by atoms with Gasteiger partial charge in [0.05, 0.1) is 39.5 Å². The van der Waals surface area contributed by atoms with Gasteiger partial charge in [-0.15, -0.1) is 0 Å². The Morgan fingerprint density at radius 1 is 0.443 bits per heavy atom. The lowest BCUT2D eigenvalue weighted by Crippen LogP contribution is -2.44. The van der Waals surface area contributed by atoms with E-state index in [1.54, 1.807) is 0 Å². The van der Waals surface area contributed by atoms with Crippen LogP contribution >= 0.6 is 0 Å². The lowest BCUT2D eigenvalue weighted by Gasteiger charge is -2.15. The molecule has 0 unspecified atom stereocenters. The summed E-state index contributed by atoms with van der Waals surface area (Å²) in [6, 6.07) is -2.62. The molecule has 0 rings (SSSR count). The van der Waals surface area contributed by atoms with Gasteiger partial charge in [0, 0.05) is 51.3 Å². The van der Waals surface area contributed by atoms with E-state index in [0.29, 0.717) is 45.1 Å². The van der Waals surface area contributed by atoms with Gasteiger partial charge in [-0.05, 0) is 44.9 Å². The quantitative estimate of drug-likeness (QED) is 0.0399. The maximum Gasteiger partial charge on any atom is 0.326 e. The molecule has 0 aromatic rings. The number of hydrogen-bond donors (Lipinski definition) is 8. The summed E-state index contributed by atoms with van der Waals surface area (Å²) in [5.74, 6) is -5.84. The molecule has 0 saturated carbocycles. The minimum Gasteiger partial charge on any atom is -0.481 e. The number of aliphatic carboxylic acids is 3. The second-order valence-electron chi connectivity index (χ2n) is 17.4. The van der Waals surface area contributed by atoms with Crippen LogP contribution in [0.2, 0.25) is 0 Å². The van der Waals surface area contributed by atoms with Crippen LogP contribution in [0.1, 0.15) is 167 Å². The summed E-state index contributed by atoms with van der Waals surface area (Å²) in [6.07, 6.45) is 17.8. The highest BCUT2D eigenvalue weighted by Crippen LogP contribution is 2.15. The Bertz CT molecular complexity index is 1480. The lowest BCUT2D eigenvalue weighted by atomic mass is 9.95. The van der Waals surface area contributed by atoms with E-state index in [9.17, 15) is 53.4 Å². The number of hydrogen-bond acceptors (Lipinski definition) is 14. The minimum absolute atomic E-state index is 0.0510. The number of carbonyl (C=O) groups excluding carboxylic acids is 6. The second-order valence-corrected chi connectivity index (χ2v) is 17.4. The van der Waals surface area contributed by atoms with Crippen molar-refractivity contribution in [2.24, 2.45) is 5.92 Å². The molecular formula is C49H86N4O17. The van der Waals surface area contributed by atoms with E-state index in [1.807, 2.05) is 6.92 Å². The molecular weight excluding hydrogens is 917 g/mol.